The van der Waals surface area contributed by atoms with E-state index >= 15 is 0 Å². The summed E-state index contributed by atoms with van der Waals surface area (Å²) in [7, 11) is 1.95. The molecule has 0 saturated carbocycles. The first-order valence-corrected chi connectivity index (χ1v) is 4.44. The summed E-state index contributed by atoms with van der Waals surface area (Å²) in [5.41, 5.74) is 6.26. The first kappa shape index (κ1) is 10.9. The summed E-state index contributed by atoms with van der Waals surface area (Å²) in [6, 6.07) is 0.271. The second kappa shape index (κ2) is 4.73. The smallest absolute Gasteiger partial charge is 0.0217 e. The van der Waals surface area contributed by atoms with Crippen LogP contribution in [-0.2, 0) is 0 Å². The van der Waals surface area contributed by atoms with Gasteiger partial charge in [-0.25, -0.2) is 0 Å². The number of nitrogens with two attached hydrogens (primary N) is 1. The molecule has 0 aromatic carbocycles. The Labute approximate surface area is 70.5 Å². The first-order chi connectivity index (χ1) is 5.04. The Morgan fingerprint density at radius 2 is 2.00 bits per heavy atom. The van der Waals surface area contributed by atoms with Gasteiger partial charge in [0.15, 0.2) is 0 Å². The van der Waals surface area contributed by atoms with Crippen LogP contribution in [0.4, 0.5) is 0 Å². The number of rotatable bonds is 5. The lowest BCUT2D eigenvalue weighted by Crippen LogP contribution is -2.44. The van der Waals surface area contributed by atoms with E-state index in [0.717, 1.165) is 6.54 Å². The molecule has 0 spiro atoms. The third-order valence-electron chi connectivity index (χ3n) is 2.32. The Morgan fingerprint density at radius 1 is 1.45 bits per heavy atom. The molecule has 2 nitrogen and oxygen atoms in total. The minimum absolute atomic E-state index is 0.271. The van der Waals surface area contributed by atoms with Crippen LogP contribution >= 0.6 is 0 Å². The predicted molar refractivity (Wildman–Crippen MR) is 50.6 cm³/mol. The van der Waals surface area contributed by atoms with Gasteiger partial charge in [0, 0.05) is 12.6 Å². The van der Waals surface area contributed by atoms with E-state index in [1.807, 2.05) is 7.05 Å². The third-order valence-corrected chi connectivity index (χ3v) is 2.32. The summed E-state index contributed by atoms with van der Waals surface area (Å²) in [5, 5.41) is 3.11. The predicted octanol–water partition coefficient (Wildman–Crippen LogP) is 1.36. The average Bonchev–Trinajstić information content (AvgIpc) is 1.88. The average molecular weight is 158 g/mol. The lowest BCUT2D eigenvalue weighted by Gasteiger charge is -2.31. The van der Waals surface area contributed by atoms with Gasteiger partial charge in [-0.3, -0.25) is 0 Å². The molecule has 0 aliphatic carbocycles. The molecule has 0 rings (SSSR count). The van der Waals surface area contributed by atoms with Crippen LogP contribution in [0.15, 0.2) is 0 Å². The number of hydrogen-bond acceptors (Lipinski definition) is 2. The highest BCUT2D eigenvalue weighted by Gasteiger charge is 2.24. The second-order valence-electron chi connectivity index (χ2n) is 3.90. The van der Waals surface area contributed by atoms with Gasteiger partial charge in [-0.05, 0) is 18.9 Å². The minimum atomic E-state index is 0.271. The lowest BCUT2D eigenvalue weighted by molar-refractivity contribution is 0.256. The van der Waals surface area contributed by atoms with Gasteiger partial charge >= 0.3 is 0 Å². The molecule has 0 fully saturated rings. The molecule has 0 bridgehead atoms. The maximum absolute atomic E-state index is 5.99. The largest absolute Gasteiger partial charge is 0.326 e. The number of likely N-dealkylation sites (N-methyl/N-ethyl adjacent to an activating group) is 1. The van der Waals surface area contributed by atoms with E-state index in [1.165, 1.54) is 12.8 Å². The summed E-state index contributed by atoms with van der Waals surface area (Å²) in [4.78, 5) is 0. The zero-order valence-corrected chi connectivity index (χ0v) is 8.28. The van der Waals surface area contributed by atoms with Crippen molar-refractivity contribution in [3.8, 4) is 0 Å². The molecule has 0 amide bonds. The molecule has 0 heterocycles. The van der Waals surface area contributed by atoms with Crippen molar-refractivity contribution in [2.45, 2.75) is 39.7 Å². The van der Waals surface area contributed by atoms with Crippen molar-refractivity contribution < 1.29 is 0 Å². The summed E-state index contributed by atoms with van der Waals surface area (Å²) in [5.74, 6) is 0. The monoisotopic (exact) mass is 158 g/mol. The molecule has 0 aliphatic heterocycles. The molecule has 68 valence electrons. The Kier molecular flexibility index (Phi) is 4.69. The van der Waals surface area contributed by atoms with Crippen LogP contribution in [0.25, 0.3) is 0 Å². The van der Waals surface area contributed by atoms with Crippen molar-refractivity contribution in [2.24, 2.45) is 11.1 Å². The summed E-state index contributed by atoms with van der Waals surface area (Å²) >= 11 is 0. The summed E-state index contributed by atoms with van der Waals surface area (Å²) in [6.07, 6.45) is 2.42. The van der Waals surface area contributed by atoms with Crippen molar-refractivity contribution in [2.75, 3.05) is 13.6 Å². The number of hydrogen-bond donors (Lipinski definition) is 2. The molecule has 0 aromatic rings. The maximum Gasteiger partial charge on any atom is 0.0217 e. The minimum Gasteiger partial charge on any atom is -0.326 e. The third kappa shape index (κ3) is 3.73. The molecular formula is C9H22N2. The zero-order chi connectivity index (χ0) is 8.91. The van der Waals surface area contributed by atoms with Crippen LogP contribution in [-0.4, -0.2) is 19.6 Å². The summed E-state index contributed by atoms with van der Waals surface area (Å²) in [6.45, 7) is 7.58. The van der Waals surface area contributed by atoms with Crippen LogP contribution in [0.3, 0.4) is 0 Å². The molecule has 0 aliphatic rings. The van der Waals surface area contributed by atoms with Crippen LogP contribution < -0.4 is 11.1 Å². The molecule has 3 N–H and O–H groups in total. The Morgan fingerprint density at radius 3 is 2.36 bits per heavy atom. The molecule has 2 heteroatoms. The van der Waals surface area contributed by atoms with Gasteiger partial charge in [0.05, 0.1) is 0 Å². The van der Waals surface area contributed by atoms with Crippen molar-refractivity contribution in [1.29, 1.82) is 0 Å². The summed E-state index contributed by atoms with van der Waals surface area (Å²) < 4.78 is 0. The first-order valence-electron chi connectivity index (χ1n) is 4.44. The van der Waals surface area contributed by atoms with Gasteiger partial charge in [0.2, 0.25) is 0 Å². The van der Waals surface area contributed by atoms with E-state index in [9.17, 15) is 0 Å². The Bertz CT molecular complexity index is 99.7. The van der Waals surface area contributed by atoms with Crippen LogP contribution in [0.1, 0.15) is 33.6 Å². The molecular weight excluding hydrogens is 136 g/mol. The maximum atomic E-state index is 5.99. The molecule has 0 aromatic heterocycles. The quantitative estimate of drug-likeness (QED) is 0.634. The van der Waals surface area contributed by atoms with Crippen LogP contribution in [0.2, 0.25) is 0 Å². The fraction of sp³-hybridized carbons (Fsp3) is 1.00. The Hall–Kier alpha value is -0.0800. The van der Waals surface area contributed by atoms with E-state index in [1.54, 1.807) is 0 Å². The molecule has 0 saturated heterocycles. The van der Waals surface area contributed by atoms with Gasteiger partial charge < -0.3 is 11.1 Å². The normalized spacial score (nSPS) is 15.0. The van der Waals surface area contributed by atoms with E-state index in [0.29, 0.717) is 0 Å². The molecule has 1 unspecified atom stereocenters. The van der Waals surface area contributed by atoms with Crippen molar-refractivity contribution in [3.63, 3.8) is 0 Å². The fourth-order valence-electron chi connectivity index (χ4n) is 1.33. The lowest BCUT2D eigenvalue weighted by atomic mass is 9.81. The fourth-order valence-corrected chi connectivity index (χ4v) is 1.33. The molecule has 0 radical (unpaired) electrons. The van der Waals surface area contributed by atoms with Gasteiger partial charge in [-0.2, -0.15) is 0 Å². The standard InChI is InChI=1S/C9H22N2/c1-5-6-9(2,3)8(10)7-11-4/h8,11H,5-7,10H2,1-4H3. The van der Waals surface area contributed by atoms with Crippen molar-refractivity contribution in [3.05, 3.63) is 0 Å². The SMILES string of the molecule is CCCC(C)(C)C(N)CNC. The van der Waals surface area contributed by atoms with Gasteiger partial charge in [0.1, 0.15) is 0 Å². The van der Waals surface area contributed by atoms with Crippen LogP contribution in [0, 0.1) is 5.41 Å². The van der Waals surface area contributed by atoms with Crippen LogP contribution in [0.5, 0.6) is 0 Å². The van der Waals surface area contributed by atoms with Crippen molar-refractivity contribution >= 4 is 0 Å². The highest BCUT2D eigenvalue weighted by molar-refractivity contribution is 4.81. The zero-order valence-electron chi connectivity index (χ0n) is 8.28. The Balaban J connectivity index is 3.83. The van der Waals surface area contributed by atoms with Gasteiger partial charge in [0.25, 0.3) is 0 Å². The van der Waals surface area contributed by atoms with Gasteiger partial charge in [-0.15, -0.1) is 0 Å². The van der Waals surface area contributed by atoms with E-state index < -0.39 is 0 Å². The van der Waals surface area contributed by atoms with E-state index in [4.69, 9.17) is 5.73 Å². The molecule has 11 heavy (non-hydrogen) atoms. The van der Waals surface area contributed by atoms with E-state index in [2.05, 4.69) is 26.1 Å². The molecule has 1 atom stereocenters. The topological polar surface area (TPSA) is 38.0 Å². The van der Waals surface area contributed by atoms with Gasteiger partial charge in [-0.1, -0.05) is 27.2 Å². The highest BCUT2D eigenvalue weighted by atomic mass is 14.9. The number of nitrogens with one attached hydrogen (secondary N) is 1. The second-order valence-corrected chi connectivity index (χ2v) is 3.90. The highest BCUT2D eigenvalue weighted by Crippen LogP contribution is 2.24. The van der Waals surface area contributed by atoms with E-state index in [-0.39, 0.29) is 11.5 Å². The van der Waals surface area contributed by atoms with Crippen molar-refractivity contribution in [1.82, 2.24) is 5.32 Å².